The average Bonchev–Trinajstić information content (AvgIpc) is 2.88. The summed E-state index contributed by atoms with van der Waals surface area (Å²) in [5, 5.41) is 0. The van der Waals surface area contributed by atoms with Gasteiger partial charge in [0, 0.05) is 57.8 Å². The summed E-state index contributed by atoms with van der Waals surface area (Å²) in [6.45, 7) is 26.2. The number of carbonyl (C=O) groups is 2. The zero-order valence-corrected chi connectivity index (χ0v) is 27.2. The van der Waals surface area contributed by atoms with Crippen LogP contribution in [-0.2, 0) is 9.53 Å². The van der Waals surface area contributed by atoms with E-state index in [1.54, 1.807) is 0 Å². The van der Waals surface area contributed by atoms with E-state index in [1.165, 1.54) is 25.9 Å². The lowest BCUT2D eigenvalue weighted by Gasteiger charge is -2.42. The maximum Gasteiger partial charge on any atom is 0.410 e. The van der Waals surface area contributed by atoms with E-state index in [4.69, 9.17) is 4.74 Å². The van der Waals surface area contributed by atoms with Crippen LogP contribution in [0.4, 0.5) is 4.79 Å². The Labute approximate surface area is 246 Å². The summed E-state index contributed by atoms with van der Waals surface area (Å²) in [6.07, 6.45) is 7.43. The lowest BCUT2D eigenvalue weighted by Crippen LogP contribution is -2.52. The molecule has 2 amide bonds. The molecule has 0 unspecified atom stereocenters. The highest BCUT2D eigenvalue weighted by Gasteiger charge is 2.34. The number of hydrogen-bond donors (Lipinski definition) is 0. The smallest absolute Gasteiger partial charge is 0.410 e. The van der Waals surface area contributed by atoms with Crippen LogP contribution in [0.5, 0.6) is 0 Å². The Morgan fingerprint density at radius 2 is 1.10 bits per heavy atom. The molecule has 0 aromatic rings. The highest BCUT2D eigenvalue weighted by atomic mass is 16.6. The maximum atomic E-state index is 12.2. The van der Waals surface area contributed by atoms with E-state index in [1.807, 2.05) is 4.90 Å². The van der Waals surface area contributed by atoms with Crippen LogP contribution in [0.2, 0.25) is 0 Å². The van der Waals surface area contributed by atoms with Crippen molar-refractivity contribution in [3.05, 3.63) is 0 Å². The van der Waals surface area contributed by atoms with Gasteiger partial charge in [0.05, 0.1) is 0 Å². The fraction of sp³-hybridized carbons (Fsp3) is 0.939. The van der Waals surface area contributed by atoms with Gasteiger partial charge < -0.3 is 24.3 Å². The van der Waals surface area contributed by atoms with Gasteiger partial charge in [-0.15, -0.1) is 0 Å². The van der Waals surface area contributed by atoms with Crippen LogP contribution in [-0.4, -0.2) is 102 Å². The number of carbonyl (C=O) groups excluding carboxylic acids is 2. The van der Waals surface area contributed by atoms with Gasteiger partial charge in [-0.1, -0.05) is 27.7 Å². The molecule has 0 spiro atoms. The minimum atomic E-state index is -0.0831. The van der Waals surface area contributed by atoms with Gasteiger partial charge >= 0.3 is 6.09 Å². The van der Waals surface area contributed by atoms with E-state index in [9.17, 15) is 9.59 Å². The van der Waals surface area contributed by atoms with E-state index in [0.29, 0.717) is 23.9 Å². The van der Waals surface area contributed by atoms with Crippen molar-refractivity contribution < 1.29 is 14.3 Å². The molecule has 7 heteroatoms. The molecule has 0 aliphatic carbocycles. The van der Waals surface area contributed by atoms with Crippen molar-refractivity contribution in [1.82, 2.24) is 19.6 Å². The highest BCUT2D eigenvalue weighted by molar-refractivity contribution is 5.77. The highest BCUT2D eigenvalue weighted by Crippen LogP contribution is 2.28. The maximum absolute atomic E-state index is 12.2. The zero-order chi connectivity index (χ0) is 29.4. The molecule has 4 aliphatic heterocycles. The molecule has 0 aromatic carbocycles. The van der Waals surface area contributed by atoms with Crippen LogP contribution in [0, 0.1) is 29.6 Å². The Morgan fingerprint density at radius 3 is 1.55 bits per heavy atom. The van der Waals surface area contributed by atoms with Gasteiger partial charge in [-0.3, -0.25) is 4.79 Å². The van der Waals surface area contributed by atoms with E-state index in [-0.39, 0.29) is 12.2 Å². The van der Waals surface area contributed by atoms with Gasteiger partial charge in [0.25, 0.3) is 0 Å². The number of likely N-dealkylation sites (tertiary alicyclic amines) is 4. The van der Waals surface area contributed by atoms with Crippen molar-refractivity contribution in [3.63, 3.8) is 0 Å². The predicted octanol–water partition coefficient (Wildman–Crippen LogP) is 5.98. The second-order valence-electron chi connectivity index (χ2n) is 14.4. The monoisotopic (exact) mass is 562 g/mol. The van der Waals surface area contributed by atoms with Crippen LogP contribution in [0.3, 0.4) is 0 Å². The third kappa shape index (κ3) is 9.89. The van der Waals surface area contributed by atoms with E-state index in [0.717, 1.165) is 95.0 Å². The molecule has 0 N–H and O–H groups in total. The Bertz CT molecular complexity index is 756. The van der Waals surface area contributed by atoms with Crippen LogP contribution in [0.1, 0.15) is 100 Å². The zero-order valence-electron chi connectivity index (χ0n) is 27.2. The summed E-state index contributed by atoms with van der Waals surface area (Å²) in [5.41, 5.74) is 0. The molecule has 40 heavy (non-hydrogen) atoms. The number of piperidine rings is 3. The molecule has 4 heterocycles. The van der Waals surface area contributed by atoms with Crippen molar-refractivity contribution in [1.29, 1.82) is 0 Å². The van der Waals surface area contributed by atoms with Crippen molar-refractivity contribution in [2.45, 2.75) is 119 Å². The first-order chi connectivity index (χ1) is 18.9. The minimum absolute atomic E-state index is 0.0831. The molecule has 0 saturated carbocycles. The summed E-state index contributed by atoms with van der Waals surface area (Å²) in [6, 6.07) is 1.25. The fourth-order valence-corrected chi connectivity index (χ4v) is 6.66. The van der Waals surface area contributed by atoms with E-state index >= 15 is 0 Å². The van der Waals surface area contributed by atoms with Crippen LogP contribution in [0.25, 0.3) is 0 Å². The molecular weight excluding hydrogens is 500 g/mol. The number of nitrogens with zero attached hydrogens (tertiary/aromatic N) is 4. The Hall–Kier alpha value is -1.34. The summed E-state index contributed by atoms with van der Waals surface area (Å²) >= 11 is 0. The predicted molar refractivity (Wildman–Crippen MR) is 164 cm³/mol. The average molecular weight is 563 g/mol. The van der Waals surface area contributed by atoms with Gasteiger partial charge in [0.1, 0.15) is 6.10 Å². The number of amides is 2. The number of rotatable bonds is 7. The fourth-order valence-electron chi connectivity index (χ4n) is 6.66. The third-order valence-corrected chi connectivity index (χ3v) is 10.3. The summed E-state index contributed by atoms with van der Waals surface area (Å²) in [4.78, 5) is 33.4. The molecule has 4 fully saturated rings. The van der Waals surface area contributed by atoms with Crippen molar-refractivity contribution in [2.24, 2.45) is 29.6 Å². The van der Waals surface area contributed by atoms with Crippen LogP contribution < -0.4 is 0 Å². The lowest BCUT2D eigenvalue weighted by atomic mass is 9.86. The standard InChI is InChI=1S/C17H32N2O2.C16H30N2O/c1-13(2)15-5-9-19(10-6-15)17(20)21-16-7-11-18(12-8-16)14(3)4;1-12(2)15-10-18(11-15)16(19)9-14-5-7-17(8-6-14)13(3)4/h13-16H,5-12H2,1-4H3;12-15H,5-11H2,1-4H3. The molecule has 4 aliphatic rings. The number of ether oxygens (including phenoxy) is 1. The lowest BCUT2D eigenvalue weighted by molar-refractivity contribution is -0.140. The number of hydrogen-bond acceptors (Lipinski definition) is 5. The second kappa shape index (κ2) is 15.8. The van der Waals surface area contributed by atoms with Gasteiger partial charge in [-0.25, -0.2) is 4.79 Å². The molecule has 0 atom stereocenters. The first kappa shape index (κ1) is 33.2. The first-order valence-electron chi connectivity index (χ1n) is 16.7. The molecule has 7 nitrogen and oxygen atoms in total. The van der Waals surface area contributed by atoms with E-state index < -0.39 is 0 Å². The quantitative estimate of drug-likeness (QED) is 0.382. The topological polar surface area (TPSA) is 56.3 Å². The van der Waals surface area contributed by atoms with Crippen molar-refractivity contribution >= 4 is 12.0 Å². The summed E-state index contributed by atoms with van der Waals surface area (Å²) in [5.74, 6) is 3.98. The van der Waals surface area contributed by atoms with E-state index in [2.05, 4.69) is 70.1 Å². The van der Waals surface area contributed by atoms with Crippen LogP contribution in [0.15, 0.2) is 0 Å². The van der Waals surface area contributed by atoms with Gasteiger partial charge in [0.2, 0.25) is 5.91 Å². The Balaban J connectivity index is 0.000000222. The molecule has 4 saturated heterocycles. The molecule has 4 rings (SSSR count). The Morgan fingerprint density at radius 1 is 0.625 bits per heavy atom. The minimum Gasteiger partial charge on any atom is -0.446 e. The molecule has 0 radical (unpaired) electrons. The summed E-state index contributed by atoms with van der Waals surface area (Å²) in [7, 11) is 0. The molecule has 0 bridgehead atoms. The largest absolute Gasteiger partial charge is 0.446 e. The van der Waals surface area contributed by atoms with Crippen LogP contribution >= 0.6 is 0 Å². The third-order valence-electron chi connectivity index (χ3n) is 10.3. The van der Waals surface area contributed by atoms with Gasteiger partial charge in [-0.2, -0.15) is 0 Å². The van der Waals surface area contributed by atoms with Gasteiger partial charge in [0.15, 0.2) is 0 Å². The van der Waals surface area contributed by atoms with Crippen molar-refractivity contribution in [2.75, 3.05) is 52.4 Å². The molecule has 0 aromatic heterocycles. The molecular formula is C33H62N4O3. The van der Waals surface area contributed by atoms with Gasteiger partial charge in [-0.05, 0) is 109 Å². The Kier molecular flexibility index (Phi) is 13.1. The summed E-state index contributed by atoms with van der Waals surface area (Å²) < 4.78 is 5.71. The second-order valence-corrected chi connectivity index (χ2v) is 14.4. The SMILES string of the molecule is CC(C)C1CCN(C(=O)OC2CCN(C(C)C)CC2)CC1.CC(C)C1CN(C(=O)CC2CCN(C(C)C)CC2)C1. The van der Waals surface area contributed by atoms with Crippen molar-refractivity contribution in [3.8, 4) is 0 Å². The molecule has 232 valence electrons. The normalized spacial score (nSPS) is 23.1. The first-order valence-corrected chi connectivity index (χ1v) is 16.7.